The SMILES string of the molecule is C=C(C)OC(=O)[C@@H](CCCC(F)(F)F)C(CCC(F)(F)F)C(=O)O. The largest absolute Gasteiger partial charge is 0.481 e. The van der Waals surface area contributed by atoms with Gasteiger partial charge in [0.25, 0.3) is 0 Å². The van der Waals surface area contributed by atoms with E-state index >= 15 is 0 Å². The molecule has 0 aromatic rings. The van der Waals surface area contributed by atoms with Crippen molar-refractivity contribution in [3.8, 4) is 0 Å². The van der Waals surface area contributed by atoms with Gasteiger partial charge in [0.05, 0.1) is 17.6 Å². The van der Waals surface area contributed by atoms with Gasteiger partial charge in [-0.1, -0.05) is 6.58 Å². The van der Waals surface area contributed by atoms with Gasteiger partial charge >= 0.3 is 24.3 Å². The molecule has 0 bridgehead atoms. The molecule has 140 valence electrons. The number of alkyl halides is 6. The average Bonchev–Trinajstić information content (AvgIpc) is 2.32. The van der Waals surface area contributed by atoms with Crippen LogP contribution in [0.3, 0.4) is 0 Å². The summed E-state index contributed by atoms with van der Waals surface area (Å²) in [5.41, 5.74) is 0. The molecule has 24 heavy (non-hydrogen) atoms. The van der Waals surface area contributed by atoms with Gasteiger partial charge in [-0.25, -0.2) is 0 Å². The van der Waals surface area contributed by atoms with E-state index in [1.54, 1.807) is 0 Å². The Bertz CT molecular complexity index is 455. The number of carboxylic acid groups (broad SMARTS) is 1. The fraction of sp³-hybridized carbons (Fsp3) is 0.714. The van der Waals surface area contributed by atoms with E-state index in [4.69, 9.17) is 5.11 Å². The van der Waals surface area contributed by atoms with E-state index in [1.165, 1.54) is 6.92 Å². The van der Waals surface area contributed by atoms with E-state index in [-0.39, 0.29) is 5.76 Å². The lowest BCUT2D eigenvalue weighted by molar-refractivity contribution is -0.161. The third-order valence-electron chi connectivity index (χ3n) is 3.09. The van der Waals surface area contributed by atoms with Crippen LogP contribution < -0.4 is 0 Å². The summed E-state index contributed by atoms with van der Waals surface area (Å²) in [6.07, 6.45) is -14.0. The molecule has 0 amide bonds. The van der Waals surface area contributed by atoms with Crippen molar-refractivity contribution in [2.45, 2.75) is 51.4 Å². The molecule has 0 saturated carbocycles. The Morgan fingerprint density at radius 1 is 1.00 bits per heavy atom. The molecule has 0 aromatic carbocycles. The average molecular weight is 364 g/mol. The van der Waals surface area contributed by atoms with Gasteiger partial charge in [-0.05, 0) is 26.2 Å². The van der Waals surface area contributed by atoms with E-state index in [1.807, 2.05) is 0 Å². The number of ether oxygens (including phenoxy) is 1. The number of carbonyl (C=O) groups excluding carboxylic acids is 1. The number of hydrogen-bond donors (Lipinski definition) is 1. The van der Waals surface area contributed by atoms with Crippen LogP contribution in [0.25, 0.3) is 0 Å². The minimum atomic E-state index is -4.65. The van der Waals surface area contributed by atoms with Crippen LogP contribution in [0.2, 0.25) is 0 Å². The highest BCUT2D eigenvalue weighted by molar-refractivity contribution is 5.81. The predicted molar refractivity (Wildman–Crippen MR) is 70.7 cm³/mol. The molecule has 0 aromatic heterocycles. The summed E-state index contributed by atoms with van der Waals surface area (Å²) in [6.45, 7) is 4.48. The van der Waals surface area contributed by atoms with Crippen molar-refractivity contribution >= 4 is 11.9 Å². The molecule has 0 rings (SSSR count). The van der Waals surface area contributed by atoms with Crippen molar-refractivity contribution in [3.05, 3.63) is 12.3 Å². The first-order valence-electron chi connectivity index (χ1n) is 6.96. The predicted octanol–water partition coefficient (Wildman–Crippen LogP) is 4.46. The van der Waals surface area contributed by atoms with Gasteiger partial charge in [0, 0.05) is 12.8 Å². The lowest BCUT2D eigenvalue weighted by Crippen LogP contribution is -2.32. The molecule has 0 saturated heterocycles. The summed E-state index contributed by atoms with van der Waals surface area (Å²) in [5, 5.41) is 9.06. The number of esters is 1. The highest BCUT2D eigenvalue weighted by Crippen LogP contribution is 2.32. The summed E-state index contributed by atoms with van der Waals surface area (Å²) >= 11 is 0. The van der Waals surface area contributed by atoms with Crippen LogP contribution in [0.1, 0.15) is 39.0 Å². The topological polar surface area (TPSA) is 63.6 Å². The number of carboxylic acids is 1. The third-order valence-corrected chi connectivity index (χ3v) is 3.09. The van der Waals surface area contributed by atoms with Crippen molar-refractivity contribution in [3.63, 3.8) is 0 Å². The minimum Gasteiger partial charge on any atom is -0.481 e. The molecule has 10 heteroatoms. The fourth-order valence-electron chi connectivity index (χ4n) is 2.07. The van der Waals surface area contributed by atoms with Crippen LogP contribution in [-0.4, -0.2) is 29.4 Å². The van der Waals surface area contributed by atoms with E-state index in [0.29, 0.717) is 0 Å². The minimum absolute atomic E-state index is 0.138. The summed E-state index contributed by atoms with van der Waals surface area (Å²) in [6, 6.07) is 0. The molecule has 2 atom stereocenters. The molecule has 0 aliphatic heterocycles. The van der Waals surface area contributed by atoms with Gasteiger partial charge in [0.15, 0.2) is 0 Å². The standard InChI is InChI=1S/C14H18F6O4/c1-8(2)24-12(23)10(4-3-6-13(15,16)17)9(11(21)22)5-7-14(18,19)20/h9-10H,1,3-7H2,2H3,(H,21,22)/t9?,10-/m0/s1. The Morgan fingerprint density at radius 3 is 1.88 bits per heavy atom. The van der Waals surface area contributed by atoms with E-state index in [9.17, 15) is 35.9 Å². The Kier molecular flexibility index (Phi) is 8.28. The van der Waals surface area contributed by atoms with Crippen LogP contribution in [0.15, 0.2) is 12.3 Å². The van der Waals surface area contributed by atoms with Gasteiger partial charge in [0.1, 0.15) is 0 Å². The molecule has 4 nitrogen and oxygen atoms in total. The maximum atomic E-state index is 12.3. The van der Waals surface area contributed by atoms with Crippen LogP contribution in [-0.2, 0) is 14.3 Å². The smallest absolute Gasteiger partial charge is 0.389 e. The zero-order valence-corrected chi connectivity index (χ0v) is 12.8. The second-order valence-electron chi connectivity index (χ2n) is 5.34. The molecular formula is C14H18F6O4. The normalized spacial score (nSPS) is 14.8. The second kappa shape index (κ2) is 8.93. The van der Waals surface area contributed by atoms with Crippen molar-refractivity contribution in [1.29, 1.82) is 0 Å². The summed E-state index contributed by atoms with van der Waals surface area (Å²) in [4.78, 5) is 23.1. The fourth-order valence-corrected chi connectivity index (χ4v) is 2.07. The number of rotatable bonds is 9. The quantitative estimate of drug-likeness (QED) is 0.373. The number of halogens is 6. The van der Waals surface area contributed by atoms with E-state index in [0.717, 1.165) is 0 Å². The molecule has 0 spiro atoms. The molecule has 0 heterocycles. The Hall–Kier alpha value is -1.74. The van der Waals surface area contributed by atoms with E-state index in [2.05, 4.69) is 11.3 Å². The Morgan fingerprint density at radius 2 is 1.50 bits per heavy atom. The molecule has 1 unspecified atom stereocenters. The lowest BCUT2D eigenvalue weighted by Gasteiger charge is -2.23. The van der Waals surface area contributed by atoms with E-state index < -0.39 is 68.2 Å². The van der Waals surface area contributed by atoms with Gasteiger partial charge in [-0.3, -0.25) is 9.59 Å². The molecule has 0 fully saturated rings. The summed E-state index contributed by atoms with van der Waals surface area (Å²) < 4.78 is 78.0. The maximum absolute atomic E-state index is 12.3. The van der Waals surface area contributed by atoms with Crippen LogP contribution in [0.5, 0.6) is 0 Å². The first kappa shape index (κ1) is 22.3. The summed E-state index contributed by atoms with van der Waals surface area (Å²) in [7, 11) is 0. The van der Waals surface area contributed by atoms with Crippen molar-refractivity contribution in [1.82, 2.24) is 0 Å². The Balaban J connectivity index is 5.16. The molecule has 0 aliphatic rings. The van der Waals surface area contributed by atoms with Gasteiger partial charge in [0.2, 0.25) is 0 Å². The van der Waals surface area contributed by atoms with Crippen molar-refractivity contribution < 1.29 is 45.8 Å². The monoisotopic (exact) mass is 364 g/mol. The maximum Gasteiger partial charge on any atom is 0.389 e. The van der Waals surface area contributed by atoms with Crippen LogP contribution in [0, 0.1) is 11.8 Å². The zero-order valence-electron chi connectivity index (χ0n) is 12.8. The second-order valence-corrected chi connectivity index (χ2v) is 5.34. The third kappa shape index (κ3) is 10.1. The van der Waals surface area contributed by atoms with Crippen LogP contribution >= 0.6 is 0 Å². The highest BCUT2D eigenvalue weighted by Gasteiger charge is 2.39. The van der Waals surface area contributed by atoms with Crippen LogP contribution in [0.4, 0.5) is 26.3 Å². The number of hydrogen-bond acceptors (Lipinski definition) is 3. The first-order chi connectivity index (χ1) is 10.7. The first-order valence-corrected chi connectivity index (χ1v) is 6.96. The molecule has 0 radical (unpaired) electrons. The number of carbonyl (C=O) groups is 2. The van der Waals surface area contributed by atoms with Crippen molar-refractivity contribution in [2.24, 2.45) is 11.8 Å². The number of aliphatic carboxylic acids is 1. The molecule has 1 N–H and O–H groups in total. The molecular weight excluding hydrogens is 346 g/mol. The summed E-state index contributed by atoms with van der Waals surface area (Å²) in [5.74, 6) is -6.45. The van der Waals surface area contributed by atoms with Crippen molar-refractivity contribution in [2.75, 3.05) is 0 Å². The van der Waals surface area contributed by atoms with Gasteiger partial charge in [-0.15, -0.1) is 0 Å². The zero-order chi connectivity index (χ0) is 19.1. The Labute approximate surface area is 134 Å². The van der Waals surface area contributed by atoms with Gasteiger partial charge in [-0.2, -0.15) is 26.3 Å². The highest BCUT2D eigenvalue weighted by atomic mass is 19.4. The lowest BCUT2D eigenvalue weighted by atomic mass is 9.84. The number of allylic oxidation sites excluding steroid dienone is 1. The molecule has 0 aliphatic carbocycles. The van der Waals surface area contributed by atoms with Gasteiger partial charge < -0.3 is 9.84 Å².